The van der Waals surface area contributed by atoms with Crippen molar-refractivity contribution in [3.8, 4) is 0 Å². The fourth-order valence-corrected chi connectivity index (χ4v) is 3.91. The van der Waals surface area contributed by atoms with E-state index < -0.39 is 12.0 Å². The molecular weight excluding hydrogens is 356 g/mol. The third-order valence-electron chi connectivity index (χ3n) is 5.22. The first-order valence-corrected chi connectivity index (χ1v) is 9.75. The Bertz CT molecular complexity index is 794. The minimum Gasteiger partial charge on any atom is -0.388 e. The summed E-state index contributed by atoms with van der Waals surface area (Å²) in [7, 11) is 0. The number of carbonyl (C=O) groups is 1. The second-order valence-electron chi connectivity index (χ2n) is 7.39. The number of carbonyl (C=O) groups excluding carboxylic acids is 1. The molecule has 1 saturated heterocycles. The minimum atomic E-state index is -0.861. The van der Waals surface area contributed by atoms with E-state index in [0.717, 1.165) is 11.3 Å². The summed E-state index contributed by atoms with van der Waals surface area (Å²) in [6.07, 6.45) is -0.861. The molecule has 2 aromatic rings. The van der Waals surface area contributed by atoms with Crippen molar-refractivity contribution in [3.63, 3.8) is 0 Å². The summed E-state index contributed by atoms with van der Waals surface area (Å²) in [5, 5.41) is 11.2. The maximum absolute atomic E-state index is 13.3. The molecule has 3 rings (SSSR count). The molecule has 1 heterocycles. The third kappa shape index (κ3) is 3.89. The van der Waals surface area contributed by atoms with Crippen molar-refractivity contribution in [1.82, 2.24) is 4.90 Å². The minimum absolute atomic E-state index is 0.0179. The Labute approximate surface area is 166 Å². The van der Waals surface area contributed by atoms with Crippen molar-refractivity contribution >= 4 is 28.9 Å². The van der Waals surface area contributed by atoms with Gasteiger partial charge in [0.1, 0.15) is 0 Å². The highest BCUT2D eigenvalue weighted by Crippen LogP contribution is 2.31. The highest BCUT2D eigenvalue weighted by molar-refractivity contribution is 7.80. The van der Waals surface area contributed by atoms with Gasteiger partial charge in [-0.2, -0.15) is 0 Å². The summed E-state index contributed by atoms with van der Waals surface area (Å²) in [6, 6.07) is 19.2. The molecule has 0 aromatic heterocycles. The molecule has 0 aliphatic carbocycles. The number of anilines is 1. The highest BCUT2D eigenvalue weighted by atomic mass is 32.1. The molecule has 2 aromatic carbocycles. The quantitative estimate of drug-likeness (QED) is 0.794. The Morgan fingerprint density at radius 2 is 1.59 bits per heavy atom. The molecule has 0 spiro atoms. The molecular formula is C22H26N2O2S. The molecule has 0 radical (unpaired) electrons. The van der Waals surface area contributed by atoms with Crippen molar-refractivity contribution in [2.45, 2.75) is 32.9 Å². The van der Waals surface area contributed by atoms with Crippen molar-refractivity contribution < 1.29 is 9.90 Å². The SMILES string of the molecule is CC(C)[C@H]1CN(c2ccccc2)C(=S)N1C(=O)[C@@H](C)[C@H](O)c1ccccc1. The van der Waals surface area contributed by atoms with E-state index in [1.54, 1.807) is 11.8 Å². The van der Waals surface area contributed by atoms with Crippen molar-refractivity contribution in [2.75, 3.05) is 11.4 Å². The molecule has 3 atom stereocenters. The number of aliphatic hydroxyl groups is 1. The molecule has 0 unspecified atom stereocenters. The number of rotatable bonds is 5. The molecule has 142 valence electrons. The molecule has 1 aliphatic heterocycles. The van der Waals surface area contributed by atoms with Crippen LogP contribution in [0.25, 0.3) is 0 Å². The van der Waals surface area contributed by atoms with E-state index in [1.807, 2.05) is 65.6 Å². The van der Waals surface area contributed by atoms with Gasteiger partial charge >= 0.3 is 0 Å². The zero-order valence-electron chi connectivity index (χ0n) is 15.9. The van der Waals surface area contributed by atoms with Gasteiger partial charge in [-0.25, -0.2) is 0 Å². The van der Waals surface area contributed by atoms with Crippen LogP contribution in [0.2, 0.25) is 0 Å². The largest absolute Gasteiger partial charge is 0.388 e. The van der Waals surface area contributed by atoms with Gasteiger partial charge in [0.25, 0.3) is 0 Å². The lowest BCUT2D eigenvalue weighted by Gasteiger charge is -2.30. The van der Waals surface area contributed by atoms with Crippen LogP contribution >= 0.6 is 12.2 Å². The molecule has 0 saturated carbocycles. The van der Waals surface area contributed by atoms with Gasteiger partial charge in [0.05, 0.1) is 18.1 Å². The van der Waals surface area contributed by atoms with Gasteiger partial charge in [-0.05, 0) is 35.8 Å². The van der Waals surface area contributed by atoms with Crippen molar-refractivity contribution in [2.24, 2.45) is 11.8 Å². The van der Waals surface area contributed by atoms with Crippen LogP contribution in [-0.2, 0) is 4.79 Å². The molecule has 4 nitrogen and oxygen atoms in total. The van der Waals surface area contributed by atoms with Crippen LogP contribution in [0.4, 0.5) is 5.69 Å². The lowest BCUT2D eigenvalue weighted by Crippen LogP contribution is -2.46. The molecule has 1 amide bonds. The van der Waals surface area contributed by atoms with Crippen LogP contribution in [0.5, 0.6) is 0 Å². The Hall–Kier alpha value is -2.24. The summed E-state index contributed by atoms with van der Waals surface area (Å²) >= 11 is 5.69. The smallest absolute Gasteiger partial charge is 0.234 e. The van der Waals surface area contributed by atoms with Gasteiger partial charge in [-0.15, -0.1) is 0 Å². The predicted octanol–water partition coefficient (Wildman–Crippen LogP) is 4.01. The number of amides is 1. The summed E-state index contributed by atoms with van der Waals surface area (Å²) in [4.78, 5) is 17.0. The summed E-state index contributed by atoms with van der Waals surface area (Å²) in [5.41, 5.74) is 1.73. The average Bonchev–Trinajstić information content (AvgIpc) is 3.05. The van der Waals surface area contributed by atoms with E-state index in [1.165, 1.54) is 0 Å². The zero-order chi connectivity index (χ0) is 19.6. The monoisotopic (exact) mass is 382 g/mol. The van der Waals surface area contributed by atoms with Gasteiger partial charge < -0.3 is 10.0 Å². The van der Waals surface area contributed by atoms with Gasteiger partial charge in [0, 0.05) is 12.2 Å². The normalized spacial score (nSPS) is 19.4. The molecule has 27 heavy (non-hydrogen) atoms. The first-order chi connectivity index (χ1) is 12.9. The molecule has 1 aliphatic rings. The van der Waals surface area contributed by atoms with Gasteiger partial charge in [0.15, 0.2) is 5.11 Å². The van der Waals surface area contributed by atoms with Crippen LogP contribution in [0.15, 0.2) is 60.7 Å². The first kappa shape index (κ1) is 19.5. The van der Waals surface area contributed by atoms with E-state index in [2.05, 4.69) is 13.8 Å². The van der Waals surface area contributed by atoms with Crippen molar-refractivity contribution in [3.05, 3.63) is 66.2 Å². The number of thiocarbonyl (C=S) groups is 1. The summed E-state index contributed by atoms with van der Waals surface area (Å²) in [5.74, 6) is -0.461. The van der Waals surface area contributed by atoms with E-state index in [4.69, 9.17) is 12.2 Å². The zero-order valence-corrected chi connectivity index (χ0v) is 16.8. The van der Waals surface area contributed by atoms with Crippen LogP contribution in [-0.4, -0.2) is 33.6 Å². The van der Waals surface area contributed by atoms with Gasteiger partial charge in [-0.1, -0.05) is 69.3 Å². The average molecular weight is 383 g/mol. The first-order valence-electron chi connectivity index (χ1n) is 9.34. The van der Waals surface area contributed by atoms with Crippen molar-refractivity contribution in [1.29, 1.82) is 0 Å². The third-order valence-corrected chi connectivity index (χ3v) is 5.63. The second-order valence-corrected chi connectivity index (χ2v) is 7.76. The van der Waals surface area contributed by atoms with Gasteiger partial charge in [0.2, 0.25) is 5.91 Å². The lowest BCUT2D eigenvalue weighted by atomic mass is 9.95. The molecule has 0 bridgehead atoms. The fraction of sp³-hybridized carbons (Fsp3) is 0.364. The number of benzene rings is 2. The maximum Gasteiger partial charge on any atom is 0.234 e. The fourth-order valence-electron chi connectivity index (χ4n) is 3.50. The Morgan fingerprint density at radius 3 is 2.15 bits per heavy atom. The Morgan fingerprint density at radius 1 is 1.04 bits per heavy atom. The number of hydrogen-bond donors (Lipinski definition) is 1. The lowest BCUT2D eigenvalue weighted by molar-refractivity contribution is -0.136. The van der Waals surface area contributed by atoms with E-state index in [0.29, 0.717) is 11.7 Å². The van der Waals surface area contributed by atoms with E-state index in [9.17, 15) is 9.90 Å². The highest BCUT2D eigenvalue weighted by Gasteiger charge is 2.43. The van der Waals surface area contributed by atoms with Crippen LogP contribution in [0.3, 0.4) is 0 Å². The van der Waals surface area contributed by atoms with Crippen LogP contribution in [0, 0.1) is 11.8 Å². The number of nitrogens with zero attached hydrogens (tertiary/aromatic N) is 2. The Balaban J connectivity index is 1.86. The van der Waals surface area contributed by atoms with Crippen LogP contribution < -0.4 is 4.90 Å². The molecule has 5 heteroatoms. The summed E-state index contributed by atoms with van der Waals surface area (Å²) < 4.78 is 0. The number of hydrogen-bond acceptors (Lipinski definition) is 3. The summed E-state index contributed by atoms with van der Waals surface area (Å²) in [6.45, 7) is 6.63. The standard InChI is InChI=1S/C22H26N2O2S/c1-15(2)19-14-23(18-12-8-5-9-13-18)22(27)24(19)21(26)16(3)20(25)17-10-6-4-7-11-17/h4-13,15-16,19-20,25H,14H2,1-3H3/t16-,19+,20-/m0/s1. The maximum atomic E-state index is 13.3. The van der Waals surface area contributed by atoms with E-state index >= 15 is 0 Å². The topological polar surface area (TPSA) is 43.8 Å². The predicted molar refractivity (Wildman–Crippen MR) is 112 cm³/mol. The second kappa shape index (κ2) is 8.19. The van der Waals surface area contributed by atoms with E-state index in [-0.39, 0.29) is 17.9 Å². The number of aliphatic hydroxyl groups excluding tert-OH is 1. The number of para-hydroxylation sites is 1. The van der Waals surface area contributed by atoms with Gasteiger partial charge in [-0.3, -0.25) is 9.69 Å². The Kier molecular flexibility index (Phi) is 5.92. The molecule has 1 N–H and O–H groups in total. The molecule has 1 fully saturated rings. The van der Waals surface area contributed by atoms with Crippen LogP contribution in [0.1, 0.15) is 32.4 Å².